The Hall–Kier alpha value is -2.24. The van der Waals surface area contributed by atoms with Crippen molar-refractivity contribution < 1.29 is 4.74 Å². The molecule has 2 aromatic rings. The number of aliphatic imine (C=N–C) groups is 1. The van der Waals surface area contributed by atoms with Crippen molar-refractivity contribution in [1.29, 1.82) is 0 Å². The van der Waals surface area contributed by atoms with Crippen LogP contribution in [0.2, 0.25) is 5.02 Å². The quantitative estimate of drug-likeness (QED) is 0.590. The van der Waals surface area contributed by atoms with Gasteiger partial charge in [-0.3, -0.25) is 0 Å². The van der Waals surface area contributed by atoms with Crippen LogP contribution in [0.3, 0.4) is 0 Å². The molecule has 1 aliphatic heterocycles. The van der Waals surface area contributed by atoms with Gasteiger partial charge >= 0.3 is 0 Å². The second kappa shape index (κ2) is 10.2. The van der Waals surface area contributed by atoms with Crippen LogP contribution in [0.1, 0.15) is 18.1 Å². The molecule has 0 spiro atoms. The fraction of sp³-hybridized carbons (Fsp3) is 0.381. The van der Waals surface area contributed by atoms with Gasteiger partial charge in [0.25, 0.3) is 0 Å². The number of nitrogens with one attached hydrogen (secondary N) is 2. The van der Waals surface area contributed by atoms with Gasteiger partial charge in [0.15, 0.2) is 5.96 Å². The predicted octanol–water partition coefficient (Wildman–Crippen LogP) is 3.43. The molecule has 27 heavy (non-hydrogen) atoms. The predicted molar refractivity (Wildman–Crippen MR) is 113 cm³/mol. The van der Waals surface area contributed by atoms with E-state index in [0.717, 1.165) is 55.9 Å². The highest BCUT2D eigenvalue weighted by molar-refractivity contribution is 6.30. The number of hydrogen-bond donors (Lipinski definition) is 2. The van der Waals surface area contributed by atoms with Gasteiger partial charge in [0.1, 0.15) is 0 Å². The normalized spacial score (nSPS) is 14.9. The molecule has 0 radical (unpaired) electrons. The molecule has 0 aromatic heterocycles. The summed E-state index contributed by atoms with van der Waals surface area (Å²) < 4.78 is 5.48. The van der Waals surface area contributed by atoms with Gasteiger partial charge in [-0.1, -0.05) is 41.9 Å². The molecule has 6 heteroatoms. The third-order valence-corrected chi connectivity index (χ3v) is 4.72. The minimum atomic E-state index is 0.609. The standard InChI is InChI=1S/C21H27ClN4O/c1-2-23-21(24-15-17-7-9-19(22)10-8-17)25-16-18-5-3-4-6-20(18)26-11-13-27-14-12-26/h3-10H,2,11-16H2,1H3,(H2,23,24,25). The van der Waals surface area contributed by atoms with Crippen molar-refractivity contribution in [3.8, 4) is 0 Å². The Morgan fingerprint density at radius 2 is 1.81 bits per heavy atom. The van der Waals surface area contributed by atoms with E-state index in [9.17, 15) is 0 Å². The lowest BCUT2D eigenvalue weighted by molar-refractivity contribution is 0.122. The van der Waals surface area contributed by atoms with E-state index >= 15 is 0 Å². The van der Waals surface area contributed by atoms with E-state index in [1.807, 2.05) is 24.3 Å². The van der Waals surface area contributed by atoms with E-state index in [1.54, 1.807) is 0 Å². The molecule has 5 nitrogen and oxygen atoms in total. The first kappa shape index (κ1) is 19.5. The molecular weight excluding hydrogens is 360 g/mol. The Morgan fingerprint density at radius 3 is 2.56 bits per heavy atom. The first-order chi connectivity index (χ1) is 13.3. The van der Waals surface area contributed by atoms with Gasteiger partial charge in [0.05, 0.1) is 19.8 Å². The maximum atomic E-state index is 5.95. The van der Waals surface area contributed by atoms with E-state index in [4.69, 9.17) is 16.3 Å². The monoisotopic (exact) mass is 386 g/mol. The Labute approximate surface area is 166 Å². The zero-order valence-electron chi connectivity index (χ0n) is 15.7. The number of guanidine groups is 1. The highest BCUT2D eigenvalue weighted by Crippen LogP contribution is 2.21. The third kappa shape index (κ3) is 5.88. The van der Waals surface area contributed by atoms with Gasteiger partial charge in [-0.05, 0) is 36.2 Å². The van der Waals surface area contributed by atoms with Crippen LogP contribution >= 0.6 is 11.6 Å². The van der Waals surface area contributed by atoms with Crippen molar-refractivity contribution in [2.45, 2.75) is 20.0 Å². The molecule has 2 aromatic carbocycles. The average Bonchev–Trinajstić information content (AvgIpc) is 2.72. The Morgan fingerprint density at radius 1 is 1.07 bits per heavy atom. The Bertz CT molecular complexity index is 742. The zero-order chi connectivity index (χ0) is 18.9. The lowest BCUT2D eigenvalue weighted by Crippen LogP contribution is -2.39. The number of para-hydroxylation sites is 1. The van der Waals surface area contributed by atoms with Crippen LogP contribution in [0.4, 0.5) is 5.69 Å². The third-order valence-electron chi connectivity index (χ3n) is 4.47. The van der Waals surface area contributed by atoms with E-state index in [1.165, 1.54) is 11.3 Å². The Balaban J connectivity index is 1.65. The van der Waals surface area contributed by atoms with E-state index < -0.39 is 0 Å². The van der Waals surface area contributed by atoms with Gasteiger partial charge in [-0.15, -0.1) is 0 Å². The molecule has 144 valence electrons. The van der Waals surface area contributed by atoms with Gasteiger partial charge < -0.3 is 20.3 Å². The van der Waals surface area contributed by atoms with Gasteiger partial charge in [0.2, 0.25) is 0 Å². The van der Waals surface area contributed by atoms with E-state index in [0.29, 0.717) is 6.54 Å². The summed E-state index contributed by atoms with van der Waals surface area (Å²) in [5.74, 6) is 0.809. The van der Waals surface area contributed by atoms with Crippen LogP contribution in [0.5, 0.6) is 0 Å². The van der Waals surface area contributed by atoms with Gasteiger partial charge in [-0.25, -0.2) is 4.99 Å². The summed E-state index contributed by atoms with van der Waals surface area (Å²) in [6.45, 7) is 7.65. The number of benzene rings is 2. The van der Waals surface area contributed by atoms with Crippen LogP contribution in [-0.4, -0.2) is 38.8 Å². The second-order valence-electron chi connectivity index (χ2n) is 6.40. The molecule has 1 aliphatic rings. The average molecular weight is 387 g/mol. The number of halogens is 1. The van der Waals surface area contributed by atoms with Crippen molar-refractivity contribution >= 4 is 23.2 Å². The molecule has 0 atom stereocenters. The van der Waals surface area contributed by atoms with Crippen LogP contribution in [0.25, 0.3) is 0 Å². The number of hydrogen-bond acceptors (Lipinski definition) is 3. The smallest absolute Gasteiger partial charge is 0.191 e. The number of rotatable bonds is 6. The van der Waals surface area contributed by atoms with Crippen LogP contribution < -0.4 is 15.5 Å². The summed E-state index contributed by atoms with van der Waals surface area (Å²) in [7, 11) is 0. The fourth-order valence-electron chi connectivity index (χ4n) is 3.05. The maximum Gasteiger partial charge on any atom is 0.191 e. The summed E-state index contributed by atoms with van der Waals surface area (Å²) in [5, 5.41) is 7.51. The molecule has 0 saturated carbocycles. The summed E-state index contributed by atoms with van der Waals surface area (Å²) in [6, 6.07) is 16.3. The van der Waals surface area contributed by atoms with Crippen LogP contribution in [0, 0.1) is 0 Å². The lowest BCUT2D eigenvalue weighted by atomic mass is 10.1. The number of anilines is 1. The molecule has 0 aliphatic carbocycles. The van der Waals surface area contributed by atoms with E-state index in [2.05, 4.69) is 51.7 Å². The van der Waals surface area contributed by atoms with Crippen molar-refractivity contribution in [3.63, 3.8) is 0 Å². The molecule has 1 heterocycles. The lowest BCUT2D eigenvalue weighted by Gasteiger charge is -2.30. The highest BCUT2D eigenvalue weighted by atomic mass is 35.5. The largest absolute Gasteiger partial charge is 0.378 e. The SMILES string of the molecule is CCNC(=NCc1ccc(Cl)cc1)NCc1ccccc1N1CCOCC1. The topological polar surface area (TPSA) is 48.9 Å². The minimum absolute atomic E-state index is 0.609. The summed E-state index contributed by atoms with van der Waals surface area (Å²) in [4.78, 5) is 7.08. The number of morpholine rings is 1. The molecule has 1 saturated heterocycles. The molecule has 0 bridgehead atoms. The summed E-state index contributed by atoms with van der Waals surface area (Å²) in [5.41, 5.74) is 3.66. The minimum Gasteiger partial charge on any atom is -0.378 e. The first-order valence-electron chi connectivity index (χ1n) is 9.43. The summed E-state index contributed by atoms with van der Waals surface area (Å²) in [6.07, 6.45) is 0. The van der Waals surface area contributed by atoms with Crippen molar-refractivity contribution in [2.75, 3.05) is 37.7 Å². The Kier molecular flexibility index (Phi) is 7.36. The van der Waals surface area contributed by atoms with Crippen molar-refractivity contribution in [1.82, 2.24) is 10.6 Å². The second-order valence-corrected chi connectivity index (χ2v) is 6.84. The van der Waals surface area contributed by atoms with Crippen LogP contribution in [0.15, 0.2) is 53.5 Å². The first-order valence-corrected chi connectivity index (χ1v) is 9.81. The molecule has 3 rings (SSSR count). The van der Waals surface area contributed by atoms with Gasteiger partial charge in [0, 0.05) is 36.9 Å². The van der Waals surface area contributed by atoms with Crippen LogP contribution in [-0.2, 0) is 17.8 Å². The molecule has 1 fully saturated rings. The molecule has 0 unspecified atom stereocenters. The molecular formula is C21H27ClN4O. The zero-order valence-corrected chi connectivity index (χ0v) is 16.5. The highest BCUT2D eigenvalue weighted by Gasteiger charge is 2.14. The molecule has 2 N–H and O–H groups in total. The maximum absolute atomic E-state index is 5.95. The van der Waals surface area contributed by atoms with Gasteiger partial charge in [-0.2, -0.15) is 0 Å². The molecule has 0 amide bonds. The van der Waals surface area contributed by atoms with Crippen molar-refractivity contribution in [2.24, 2.45) is 4.99 Å². The summed E-state index contributed by atoms with van der Waals surface area (Å²) >= 11 is 5.95. The van der Waals surface area contributed by atoms with E-state index in [-0.39, 0.29) is 0 Å². The van der Waals surface area contributed by atoms with Crippen molar-refractivity contribution in [3.05, 3.63) is 64.7 Å². The number of ether oxygens (including phenoxy) is 1. The number of nitrogens with zero attached hydrogens (tertiary/aromatic N) is 2. The fourth-order valence-corrected chi connectivity index (χ4v) is 3.18.